The molecule has 0 nitrogen and oxygen atoms in total. The van der Waals surface area contributed by atoms with Crippen LogP contribution in [0.1, 0.15) is 12.5 Å². The van der Waals surface area contributed by atoms with E-state index in [1.807, 2.05) is 0 Å². The van der Waals surface area contributed by atoms with E-state index in [4.69, 9.17) is 23.2 Å². The van der Waals surface area contributed by atoms with Crippen molar-refractivity contribution in [3.8, 4) is 0 Å². The van der Waals surface area contributed by atoms with Crippen LogP contribution in [0.25, 0.3) is 12.2 Å². The first-order chi connectivity index (χ1) is 6.53. The zero-order valence-electron chi connectivity index (χ0n) is 8.22. The Labute approximate surface area is 93.8 Å². The van der Waals surface area contributed by atoms with Crippen molar-refractivity contribution in [3.05, 3.63) is 34.2 Å². The molecule has 0 radical (unpaired) electrons. The summed E-state index contributed by atoms with van der Waals surface area (Å²) in [4.78, 5) is -0.394. The quantitative estimate of drug-likeness (QED) is 0.646. The topological polar surface area (TPSA) is 0 Å². The van der Waals surface area contributed by atoms with Gasteiger partial charge in [-0.1, -0.05) is 30.4 Å². The molecular formula is C12H12Cl2. The van der Waals surface area contributed by atoms with Crippen LogP contribution in [0.5, 0.6) is 0 Å². The summed E-state index contributed by atoms with van der Waals surface area (Å²) in [6, 6.07) is 6.26. The first kappa shape index (κ1) is 10.1. The number of halogens is 2. The third kappa shape index (κ3) is 1.47. The minimum absolute atomic E-state index is 0.225. The van der Waals surface area contributed by atoms with E-state index in [1.165, 1.54) is 16.0 Å². The summed E-state index contributed by atoms with van der Waals surface area (Å²) in [5, 5.41) is 2.50. The van der Waals surface area contributed by atoms with Gasteiger partial charge in [0.25, 0.3) is 0 Å². The minimum atomic E-state index is -0.394. The molecule has 1 aliphatic rings. The third-order valence-electron chi connectivity index (χ3n) is 2.75. The summed E-state index contributed by atoms with van der Waals surface area (Å²) >= 11 is 11.9. The summed E-state index contributed by atoms with van der Waals surface area (Å²) in [5.41, 5.74) is 1.05. The Morgan fingerprint density at radius 3 is 2.50 bits per heavy atom. The molecule has 2 heteroatoms. The molecule has 1 atom stereocenters. The van der Waals surface area contributed by atoms with Gasteiger partial charge in [-0.2, -0.15) is 0 Å². The number of hydrogen-bond acceptors (Lipinski definition) is 0. The Balaban J connectivity index is 2.70. The fourth-order valence-corrected chi connectivity index (χ4v) is 2.09. The number of hydrogen-bond donors (Lipinski definition) is 0. The zero-order chi connectivity index (χ0) is 10.3. The number of alkyl halides is 2. The van der Waals surface area contributed by atoms with E-state index in [9.17, 15) is 0 Å². The predicted molar refractivity (Wildman–Crippen MR) is 63.0 cm³/mol. The van der Waals surface area contributed by atoms with Crippen molar-refractivity contribution < 1.29 is 0 Å². The molecule has 74 valence electrons. The van der Waals surface area contributed by atoms with Gasteiger partial charge in [0.2, 0.25) is 0 Å². The minimum Gasteiger partial charge on any atom is -0.104 e. The Morgan fingerprint density at radius 2 is 1.93 bits per heavy atom. The second-order valence-electron chi connectivity index (χ2n) is 4.03. The van der Waals surface area contributed by atoms with Crippen LogP contribution in [0.15, 0.2) is 18.2 Å². The van der Waals surface area contributed by atoms with Crippen molar-refractivity contribution in [2.24, 2.45) is 5.41 Å². The molecule has 0 amide bonds. The standard InChI is InChI=1S/C12H12Cl2/c1-8-4-3-5-9-6-12(2,11(13)14)7-10(8)9/h3-7,11H,1-2H3. The molecule has 2 rings (SSSR count). The van der Waals surface area contributed by atoms with Crippen LogP contribution in [0.4, 0.5) is 0 Å². The van der Waals surface area contributed by atoms with Gasteiger partial charge in [-0.25, -0.2) is 0 Å². The van der Waals surface area contributed by atoms with E-state index >= 15 is 0 Å². The molecule has 0 aromatic heterocycles. The van der Waals surface area contributed by atoms with Gasteiger partial charge in [0, 0.05) is 5.41 Å². The highest BCUT2D eigenvalue weighted by molar-refractivity contribution is 6.45. The van der Waals surface area contributed by atoms with Gasteiger partial charge in [0.1, 0.15) is 4.84 Å². The third-order valence-corrected chi connectivity index (χ3v) is 3.69. The van der Waals surface area contributed by atoms with E-state index in [2.05, 4.69) is 44.2 Å². The fourth-order valence-electron chi connectivity index (χ4n) is 1.84. The molecule has 1 aliphatic carbocycles. The van der Waals surface area contributed by atoms with E-state index in [1.54, 1.807) is 0 Å². The smallest absolute Gasteiger partial charge is 0.104 e. The first-order valence-corrected chi connectivity index (χ1v) is 5.50. The fraction of sp³-hybridized carbons (Fsp3) is 0.333. The lowest BCUT2D eigenvalue weighted by Gasteiger charge is -2.20. The Kier molecular flexibility index (Phi) is 2.36. The highest BCUT2D eigenvalue weighted by Gasteiger charge is 2.29. The highest BCUT2D eigenvalue weighted by atomic mass is 35.5. The molecule has 0 saturated heterocycles. The number of benzene rings is 1. The molecule has 0 saturated carbocycles. The lowest BCUT2D eigenvalue weighted by atomic mass is 9.95. The van der Waals surface area contributed by atoms with E-state index in [0.29, 0.717) is 0 Å². The molecule has 14 heavy (non-hydrogen) atoms. The summed E-state index contributed by atoms with van der Waals surface area (Å²) in [5.74, 6) is 0. The van der Waals surface area contributed by atoms with Gasteiger partial charge in [-0.3, -0.25) is 0 Å². The summed E-state index contributed by atoms with van der Waals surface area (Å²) in [6.07, 6.45) is 4.29. The van der Waals surface area contributed by atoms with Gasteiger partial charge in [-0.15, -0.1) is 23.2 Å². The lowest BCUT2D eigenvalue weighted by Crippen LogP contribution is -2.23. The molecule has 0 bridgehead atoms. The maximum absolute atomic E-state index is 5.97. The SMILES string of the molecule is Cc1cccc2c1=CC(C)(C(Cl)Cl)C=2. The molecule has 1 aromatic rings. The van der Waals surface area contributed by atoms with Crippen LogP contribution in [-0.4, -0.2) is 4.84 Å². The largest absolute Gasteiger partial charge is 0.120 e. The van der Waals surface area contributed by atoms with Crippen molar-refractivity contribution in [2.45, 2.75) is 18.7 Å². The van der Waals surface area contributed by atoms with Gasteiger partial charge in [-0.05, 0) is 29.8 Å². The molecule has 0 N–H and O–H groups in total. The zero-order valence-corrected chi connectivity index (χ0v) is 9.73. The van der Waals surface area contributed by atoms with Crippen molar-refractivity contribution in [1.29, 1.82) is 0 Å². The normalized spacial score (nSPS) is 24.4. The Hall–Kier alpha value is -0.460. The average molecular weight is 227 g/mol. The Bertz CT molecular complexity index is 474. The van der Waals surface area contributed by atoms with Crippen LogP contribution >= 0.6 is 23.2 Å². The lowest BCUT2D eigenvalue weighted by molar-refractivity contribution is 0.695. The number of rotatable bonds is 1. The van der Waals surface area contributed by atoms with E-state index < -0.39 is 4.84 Å². The van der Waals surface area contributed by atoms with Crippen LogP contribution in [-0.2, 0) is 0 Å². The van der Waals surface area contributed by atoms with Crippen LogP contribution in [0, 0.1) is 12.3 Å². The Morgan fingerprint density at radius 1 is 1.21 bits per heavy atom. The van der Waals surface area contributed by atoms with Crippen molar-refractivity contribution in [3.63, 3.8) is 0 Å². The van der Waals surface area contributed by atoms with Gasteiger partial charge >= 0.3 is 0 Å². The molecule has 0 heterocycles. The number of aryl methyl sites for hydroxylation is 1. The van der Waals surface area contributed by atoms with E-state index in [-0.39, 0.29) is 5.41 Å². The molecular weight excluding hydrogens is 215 g/mol. The molecule has 0 fully saturated rings. The first-order valence-electron chi connectivity index (χ1n) is 4.62. The summed E-state index contributed by atoms with van der Waals surface area (Å²) in [6.45, 7) is 4.16. The second-order valence-corrected chi connectivity index (χ2v) is 5.13. The molecule has 1 unspecified atom stereocenters. The second kappa shape index (κ2) is 3.29. The predicted octanol–water partition coefficient (Wildman–Crippen LogP) is 2.38. The molecule has 0 aliphatic heterocycles. The van der Waals surface area contributed by atoms with Crippen molar-refractivity contribution in [2.75, 3.05) is 0 Å². The van der Waals surface area contributed by atoms with Crippen LogP contribution in [0.2, 0.25) is 0 Å². The van der Waals surface area contributed by atoms with Crippen molar-refractivity contribution >= 4 is 35.4 Å². The maximum Gasteiger partial charge on any atom is 0.120 e. The van der Waals surface area contributed by atoms with E-state index in [0.717, 1.165) is 0 Å². The summed E-state index contributed by atoms with van der Waals surface area (Å²) < 4.78 is 0. The monoisotopic (exact) mass is 226 g/mol. The molecule has 1 aromatic carbocycles. The van der Waals surface area contributed by atoms with Crippen LogP contribution < -0.4 is 10.4 Å². The van der Waals surface area contributed by atoms with Gasteiger partial charge < -0.3 is 0 Å². The van der Waals surface area contributed by atoms with Gasteiger partial charge in [0.05, 0.1) is 0 Å². The summed E-state index contributed by atoms with van der Waals surface area (Å²) in [7, 11) is 0. The number of fused-ring (bicyclic) bond motifs is 1. The maximum atomic E-state index is 5.97. The van der Waals surface area contributed by atoms with Gasteiger partial charge in [0.15, 0.2) is 0 Å². The highest BCUT2D eigenvalue weighted by Crippen LogP contribution is 2.34. The molecule has 0 spiro atoms. The van der Waals surface area contributed by atoms with Crippen LogP contribution in [0.3, 0.4) is 0 Å². The van der Waals surface area contributed by atoms with Crippen molar-refractivity contribution in [1.82, 2.24) is 0 Å². The average Bonchev–Trinajstić information content (AvgIpc) is 2.45.